The maximum atomic E-state index is 14.4. The highest BCUT2D eigenvalue weighted by atomic mass is 16.5. The number of aromatic amines is 1. The Balaban J connectivity index is 0.796. The van der Waals surface area contributed by atoms with Gasteiger partial charge < -0.3 is 39.6 Å². The number of aliphatic imine (C=N–C) groups is 1. The Morgan fingerprint density at radius 1 is 0.765 bits per heavy atom. The number of hydrogen-bond donors (Lipinski definition) is 3. The van der Waals surface area contributed by atoms with E-state index in [2.05, 4.69) is 82.3 Å². The maximum Gasteiger partial charge on any atom is 0.407 e. The molecule has 1 saturated carbocycles. The first kappa shape index (κ1) is 43.5. The third-order valence-electron chi connectivity index (χ3n) is 15.1. The summed E-state index contributed by atoms with van der Waals surface area (Å²) in [6.45, 7) is 1.77. The lowest BCUT2D eigenvalue weighted by atomic mass is 9.90. The van der Waals surface area contributed by atoms with Crippen molar-refractivity contribution in [1.82, 2.24) is 30.4 Å². The van der Waals surface area contributed by atoms with Crippen LogP contribution < -0.4 is 10.6 Å². The molecule has 0 unspecified atom stereocenters. The Morgan fingerprint density at radius 2 is 1.47 bits per heavy atom. The number of fused-ring (bicyclic) bond motifs is 6. The van der Waals surface area contributed by atoms with Crippen molar-refractivity contribution < 1.29 is 33.4 Å². The number of alkyl carbamates (subject to hydrolysis) is 2. The van der Waals surface area contributed by atoms with Crippen LogP contribution in [-0.2, 0) is 30.2 Å². The van der Waals surface area contributed by atoms with Gasteiger partial charge in [0, 0.05) is 43.5 Å². The summed E-state index contributed by atoms with van der Waals surface area (Å²) in [5.41, 5.74) is 7.94. The molecule has 5 heterocycles. The van der Waals surface area contributed by atoms with Gasteiger partial charge in [0.2, 0.25) is 5.91 Å². The summed E-state index contributed by atoms with van der Waals surface area (Å²) in [6.07, 6.45) is 7.25. The Labute approximate surface area is 394 Å². The van der Waals surface area contributed by atoms with Crippen LogP contribution in [0, 0.1) is 11.8 Å². The zero-order chi connectivity index (χ0) is 46.5. The number of piperidine rings is 1. The molecular formula is C54H55N7O7. The average Bonchev–Trinajstić information content (AvgIpc) is 4.26. The molecule has 1 aliphatic carbocycles. The van der Waals surface area contributed by atoms with Crippen molar-refractivity contribution in [3.05, 3.63) is 120 Å². The Bertz CT molecular complexity index is 2960. The zero-order valence-corrected chi connectivity index (χ0v) is 38.3. The maximum absolute atomic E-state index is 14.4. The molecule has 4 aliphatic heterocycles. The van der Waals surface area contributed by atoms with Gasteiger partial charge in [-0.1, -0.05) is 72.8 Å². The predicted molar refractivity (Wildman–Crippen MR) is 258 cm³/mol. The number of amides is 4. The lowest BCUT2D eigenvalue weighted by molar-refractivity contribution is -0.138. The molecule has 14 nitrogen and oxygen atoms in total. The quantitative estimate of drug-likeness (QED) is 0.122. The molecule has 3 saturated heterocycles. The first-order valence-electron chi connectivity index (χ1n) is 23.9. The number of carbonyl (C=O) groups is 4. The minimum atomic E-state index is -0.877. The van der Waals surface area contributed by atoms with Crippen molar-refractivity contribution in [1.29, 1.82) is 0 Å². The third-order valence-corrected chi connectivity index (χ3v) is 15.1. The number of carbonyl (C=O) groups excluding carboxylic acids is 4. The second-order valence-electron chi connectivity index (χ2n) is 18.9. The predicted octanol–water partition coefficient (Wildman–Crippen LogP) is 8.97. The number of rotatable bonds is 10. The van der Waals surface area contributed by atoms with Gasteiger partial charge in [-0.15, -0.1) is 0 Å². The second kappa shape index (κ2) is 18.2. The Hall–Kier alpha value is -7.06. The first-order chi connectivity index (χ1) is 33.2. The minimum Gasteiger partial charge on any atom is -0.453 e. The molecule has 14 heteroatoms. The lowest BCUT2D eigenvalue weighted by Gasteiger charge is -2.36. The van der Waals surface area contributed by atoms with Crippen molar-refractivity contribution in [2.45, 2.75) is 81.6 Å². The second-order valence-corrected chi connectivity index (χ2v) is 18.9. The van der Waals surface area contributed by atoms with Crippen molar-refractivity contribution in [2.24, 2.45) is 16.8 Å². The molecule has 4 amide bonds. The van der Waals surface area contributed by atoms with E-state index in [9.17, 15) is 19.2 Å². The Kier molecular flexibility index (Phi) is 11.6. The van der Waals surface area contributed by atoms with Crippen LogP contribution in [0.4, 0.5) is 15.3 Å². The van der Waals surface area contributed by atoms with Crippen LogP contribution in [-0.4, -0.2) is 102 Å². The highest BCUT2D eigenvalue weighted by molar-refractivity contribution is 6.06. The summed E-state index contributed by atoms with van der Waals surface area (Å²) in [5, 5.41) is 10.2. The largest absolute Gasteiger partial charge is 0.453 e. The molecular weight excluding hydrogens is 859 g/mol. The highest BCUT2D eigenvalue weighted by Gasteiger charge is 2.51. The molecule has 5 aromatic carbocycles. The van der Waals surface area contributed by atoms with Gasteiger partial charge in [-0.3, -0.25) is 14.6 Å². The molecule has 1 aromatic heterocycles. The fourth-order valence-electron chi connectivity index (χ4n) is 11.7. The molecule has 4 fully saturated rings. The van der Waals surface area contributed by atoms with E-state index < -0.39 is 24.3 Å². The van der Waals surface area contributed by atoms with E-state index >= 15 is 0 Å². The van der Waals surface area contributed by atoms with Crippen LogP contribution in [0.1, 0.15) is 74.0 Å². The average molecular weight is 914 g/mol. The number of benzene rings is 5. The summed E-state index contributed by atoms with van der Waals surface area (Å²) in [7, 11) is 2.63. The minimum absolute atomic E-state index is 0.0153. The molecule has 2 bridgehead atoms. The van der Waals surface area contributed by atoms with E-state index in [0.717, 1.165) is 93.3 Å². The molecule has 3 N–H and O–H groups in total. The third kappa shape index (κ3) is 8.03. The van der Waals surface area contributed by atoms with Crippen LogP contribution in [0.25, 0.3) is 43.9 Å². The molecule has 348 valence electrons. The number of likely N-dealkylation sites (tertiary alicyclic amines) is 2. The fraction of sp³-hybridized carbons (Fsp3) is 0.370. The smallest absolute Gasteiger partial charge is 0.407 e. The van der Waals surface area contributed by atoms with E-state index in [1.165, 1.54) is 19.8 Å². The molecule has 0 radical (unpaired) electrons. The van der Waals surface area contributed by atoms with Crippen molar-refractivity contribution in [3.63, 3.8) is 0 Å². The van der Waals surface area contributed by atoms with E-state index in [-0.39, 0.29) is 41.8 Å². The van der Waals surface area contributed by atoms with Gasteiger partial charge in [0.15, 0.2) is 0 Å². The SMILES string of the molecule is COC(=O)N[C@H](C(=O)N1CCC[C@H]1C1=Nc2ccc3cc(-c4ccc5cc(-c6cnc([C@@H]7[C@H]8CC[C@H](C8)N7C(=O)[C@H](NC(=O)OC)c7ccccc7)[nH]6)ccc5c4)ccc3c2C1)C1CCOCC1. The van der Waals surface area contributed by atoms with Gasteiger partial charge in [-0.05, 0) is 125 Å². The van der Waals surface area contributed by atoms with Crippen molar-refractivity contribution >= 4 is 56.9 Å². The number of ether oxygens (including phenoxy) is 3. The molecule has 6 aromatic rings. The number of H-pyrrole nitrogens is 1. The van der Waals surface area contributed by atoms with Crippen LogP contribution in [0.5, 0.6) is 0 Å². The van der Waals surface area contributed by atoms with Gasteiger partial charge in [-0.2, -0.15) is 0 Å². The number of aromatic nitrogens is 2. The summed E-state index contributed by atoms with van der Waals surface area (Å²) in [5.74, 6) is 0.779. The van der Waals surface area contributed by atoms with Crippen LogP contribution in [0.2, 0.25) is 0 Å². The monoisotopic (exact) mass is 913 g/mol. The van der Waals surface area contributed by atoms with Crippen molar-refractivity contribution in [3.8, 4) is 22.4 Å². The summed E-state index contributed by atoms with van der Waals surface area (Å²) >= 11 is 0. The van der Waals surface area contributed by atoms with Crippen LogP contribution in [0.3, 0.4) is 0 Å². The summed E-state index contributed by atoms with van der Waals surface area (Å²) in [6, 6.07) is 31.3. The first-order valence-corrected chi connectivity index (χ1v) is 23.9. The highest BCUT2D eigenvalue weighted by Crippen LogP contribution is 2.51. The van der Waals surface area contributed by atoms with E-state index in [4.69, 9.17) is 24.2 Å². The number of methoxy groups -OCH3 is 2. The van der Waals surface area contributed by atoms with E-state index in [1.807, 2.05) is 46.3 Å². The van der Waals surface area contributed by atoms with Gasteiger partial charge in [0.25, 0.3) is 5.91 Å². The fourth-order valence-corrected chi connectivity index (χ4v) is 11.7. The topological polar surface area (TPSA) is 168 Å². The van der Waals surface area contributed by atoms with Gasteiger partial charge in [0.1, 0.15) is 17.9 Å². The van der Waals surface area contributed by atoms with Crippen LogP contribution in [0.15, 0.2) is 108 Å². The zero-order valence-electron chi connectivity index (χ0n) is 38.3. The van der Waals surface area contributed by atoms with Crippen molar-refractivity contribution in [2.75, 3.05) is 34.0 Å². The van der Waals surface area contributed by atoms with E-state index in [0.29, 0.717) is 44.6 Å². The summed E-state index contributed by atoms with van der Waals surface area (Å²) < 4.78 is 15.4. The molecule has 68 heavy (non-hydrogen) atoms. The number of imidazole rings is 1. The number of nitrogens with zero attached hydrogens (tertiary/aromatic N) is 4. The van der Waals surface area contributed by atoms with Gasteiger partial charge >= 0.3 is 12.2 Å². The lowest BCUT2D eigenvalue weighted by Crippen LogP contribution is -2.55. The molecule has 5 aliphatic rings. The normalized spacial score (nSPS) is 21.9. The van der Waals surface area contributed by atoms with Gasteiger partial charge in [0.05, 0.1) is 43.9 Å². The molecule has 0 spiro atoms. The standard InChI is InChI=1S/C54H55N7O7/c1-66-53(64)58-47(32-20-23-68-24-21-32)51(62)60-22-6-9-46(60)44-29-42-41-18-15-36(26-37(41)16-19-43(42)56-44)33-10-11-35-27-38(13-12-34(35)25-33)45-30-55-50(57-45)49-39-14-17-40(28-39)61(49)52(63)48(59-54(65)67-2)31-7-4-3-5-8-31/h3-5,7-8,10-13,15-16,18-19,25-27,30,32,39-40,46-49H,6,9,14,17,20-24,28-29H2,1-2H3,(H,55,57)(H,58,64)(H,59,65)/t39-,40+,46-,47-,48+,49-/m0/s1. The summed E-state index contributed by atoms with van der Waals surface area (Å²) in [4.78, 5) is 70.9. The van der Waals surface area contributed by atoms with E-state index in [1.54, 1.807) is 0 Å². The number of hydrogen-bond acceptors (Lipinski definition) is 9. The Morgan fingerprint density at radius 3 is 2.25 bits per heavy atom. The molecule has 11 rings (SSSR count). The van der Waals surface area contributed by atoms with Gasteiger partial charge in [-0.25, -0.2) is 14.6 Å². The molecule has 6 atom stereocenters. The number of nitrogens with one attached hydrogen (secondary N) is 3. The van der Waals surface area contributed by atoms with Crippen LogP contribution >= 0.6 is 0 Å².